The van der Waals surface area contributed by atoms with Crippen LogP contribution in [0.2, 0.25) is 0 Å². The monoisotopic (exact) mass is 328 g/mol. The Hall–Kier alpha value is -0.620. The van der Waals surface area contributed by atoms with Gasteiger partial charge in [0.25, 0.3) is 0 Å². The Morgan fingerprint density at radius 2 is 1.67 bits per heavy atom. The Balaban J connectivity index is 2.81. The molecule has 6 heteroatoms. The van der Waals surface area contributed by atoms with E-state index >= 15 is 0 Å². The summed E-state index contributed by atoms with van der Waals surface area (Å²) < 4.78 is 0.279. The van der Waals surface area contributed by atoms with E-state index in [1.54, 1.807) is 11.8 Å². The third-order valence-corrected chi connectivity index (χ3v) is 5.89. The lowest BCUT2D eigenvalue weighted by molar-refractivity contribution is 0.573. The number of anilines is 2. The van der Waals surface area contributed by atoms with Gasteiger partial charge in [0.15, 0.2) is 5.16 Å². The van der Waals surface area contributed by atoms with Crippen molar-refractivity contribution >= 4 is 35.2 Å². The fraction of sp³-hybridized carbons (Fsp3) is 0.733. The zero-order valence-electron chi connectivity index (χ0n) is 13.8. The maximum absolute atomic E-state index is 4.56. The first-order valence-corrected chi connectivity index (χ1v) is 10.0. The van der Waals surface area contributed by atoms with Gasteiger partial charge in [-0.25, -0.2) is 9.97 Å². The quantitative estimate of drug-likeness (QED) is 0.492. The first kappa shape index (κ1) is 18.4. The average molecular weight is 329 g/mol. The lowest BCUT2D eigenvalue weighted by Crippen LogP contribution is -2.32. The molecular formula is C15H28N4S2. The molecule has 0 aliphatic rings. The molecule has 0 bridgehead atoms. The molecule has 21 heavy (non-hydrogen) atoms. The molecule has 0 atom stereocenters. The van der Waals surface area contributed by atoms with Gasteiger partial charge in [-0.05, 0) is 31.8 Å². The third kappa shape index (κ3) is 5.58. The van der Waals surface area contributed by atoms with Gasteiger partial charge in [0.1, 0.15) is 11.6 Å². The molecule has 0 radical (unpaired) electrons. The number of thioether (sulfide) groups is 2. The van der Waals surface area contributed by atoms with E-state index in [1.165, 1.54) is 0 Å². The van der Waals surface area contributed by atoms with Crippen molar-refractivity contribution in [1.29, 1.82) is 0 Å². The first-order chi connectivity index (χ1) is 10.1. The van der Waals surface area contributed by atoms with E-state index in [0.29, 0.717) is 0 Å². The summed E-state index contributed by atoms with van der Waals surface area (Å²) in [4.78, 5) is 9.05. The number of nitrogens with zero attached hydrogens (tertiary/aromatic N) is 2. The molecule has 0 saturated heterocycles. The van der Waals surface area contributed by atoms with E-state index in [1.807, 2.05) is 24.1 Å². The van der Waals surface area contributed by atoms with Gasteiger partial charge >= 0.3 is 0 Å². The van der Waals surface area contributed by atoms with Crippen molar-refractivity contribution in [2.75, 3.05) is 36.2 Å². The van der Waals surface area contributed by atoms with Gasteiger partial charge in [0.05, 0.1) is 0 Å². The van der Waals surface area contributed by atoms with Gasteiger partial charge in [-0.15, -0.1) is 0 Å². The Morgan fingerprint density at radius 1 is 1.05 bits per heavy atom. The summed E-state index contributed by atoms with van der Waals surface area (Å²) in [6.07, 6.45) is 7.59. The summed E-state index contributed by atoms with van der Waals surface area (Å²) in [6, 6.07) is 2.01. The van der Waals surface area contributed by atoms with Crippen molar-refractivity contribution in [3.8, 4) is 0 Å². The van der Waals surface area contributed by atoms with Crippen molar-refractivity contribution in [3.05, 3.63) is 6.07 Å². The molecule has 120 valence electrons. The van der Waals surface area contributed by atoms with Crippen LogP contribution in [0.15, 0.2) is 11.2 Å². The number of aromatic nitrogens is 2. The Morgan fingerprint density at radius 3 is 2.14 bits per heavy atom. The molecule has 0 aliphatic carbocycles. The highest BCUT2D eigenvalue weighted by Gasteiger charge is 2.24. The van der Waals surface area contributed by atoms with Gasteiger partial charge in [0.2, 0.25) is 0 Å². The minimum atomic E-state index is 0.279. The van der Waals surface area contributed by atoms with E-state index in [2.05, 4.69) is 47.6 Å². The minimum absolute atomic E-state index is 0.279. The van der Waals surface area contributed by atoms with Gasteiger partial charge in [-0.1, -0.05) is 32.5 Å². The van der Waals surface area contributed by atoms with Crippen LogP contribution >= 0.6 is 23.5 Å². The fourth-order valence-electron chi connectivity index (χ4n) is 2.06. The SMILES string of the molecule is CCCNc1cc(NCC(CC)(CC)SC)nc(SC)n1. The Labute approximate surface area is 137 Å². The molecule has 0 aromatic carbocycles. The largest absolute Gasteiger partial charge is 0.370 e. The van der Waals surface area contributed by atoms with Crippen molar-refractivity contribution < 1.29 is 0 Å². The van der Waals surface area contributed by atoms with Crippen LogP contribution in [0.3, 0.4) is 0 Å². The van der Waals surface area contributed by atoms with Crippen LogP contribution < -0.4 is 10.6 Å². The second-order valence-electron chi connectivity index (χ2n) is 5.00. The van der Waals surface area contributed by atoms with Crippen LogP contribution in [0.25, 0.3) is 0 Å². The molecule has 1 heterocycles. The van der Waals surface area contributed by atoms with Gasteiger partial charge in [0, 0.05) is 23.9 Å². The molecule has 1 rings (SSSR count). The number of nitrogens with one attached hydrogen (secondary N) is 2. The number of rotatable bonds is 10. The molecule has 1 aromatic heterocycles. The number of hydrogen-bond donors (Lipinski definition) is 2. The molecule has 0 aliphatic heterocycles. The average Bonchev–Trinajstić information content (AvgIpc) is 2.54. The summed E-state index contributed by atoms with van der Waals surface area (Å²) in [5.41, 5.74) is 0. The zero-order valence-corrected chi connectivity index (χ0v) is 15.5. The molecule has 4 nitrogen and oxygen atoms in total. The second kappa shape index (κ2) is 9.41. The van der Waals surface area contributed by atoms with E-state index < -0.39 is 0 Å². The Kier molecular flexibility index (Phi) is 8.26. The normalized spacial score (nSPS) is 11.5. The van der Waals surface area contributed by atoms with Crippen LogP contribution in [0, 0.1) is 0 Å². The minimum Gasteiger partial charge on any atom is -0.370 e. The summed E-state index contributed by atoms with van der Waals surface area (Å²) in [5, 5.41) is 7.65. The van der Waals surface area contributed by atoms with E-state index in [4.69, 9.17) is 0 Å². The molecule has 0 fully saturated rings. The second-order valence-corrected chi connectivity index (χ2v) is 7.05. The zero-order chi connectivity index (χ0) is 15.7. The summed E-state index contributed by atoms with van der Waals surface area (Å²) in [6.45, 7) is 8.52. The van der Waals surface area contributed by atoms with Crippen molar-refractivity contribution in [3.63, 3.8) is 0 Å². The smallest absolute Gasteiger partial charge is 0.191 e. The van der Waals surface area contributed by atoms with Crippen molar-refractivity contribution in [2.24, 2.45) is 0 Å². The standard InChI is InChI=1S/C15H28N4S2/c1-6-9-16-12-10-13(19-14(18-12)20-4)17-11-15(7-2,8-3)21-5/h10H,6-9,11H2,1-5H3,(H2,16,17,18,19). The maximum atomic E-state index is 4.56. The van der Waals surface area contributed by atoms with Crippen LogP contribution in [0.1, 0.15) is 40.0 Å². The molecule has 1 aromatic rings. The highest BCUT2D eigenvalue weighted by Crippen LogP contribution is 2.30. The van der Waals surface area contributed by atoms with E-state index in [9.17, 15) is 0 Å². The lowest BCUT2D eigenvalue weighted by atomic mass is 10.0. The van der Waals surface area contributed by atoms with Gasteiger partial charge in [-0.3, -0.25) is 0 Å². The van der Waals surface area contributed by atoms with Gasteiger partial charge in [-0.2, -0.15) is 11.8 Å². The van der Waals surface area contributed by atoms with Crippen LogP contribution in [-0.4, -0.2) is 40.3 Å². The Bertz CT molecular complexity index is 414. The molecule has 0 unspecified atom stereocenters. The van der Waals surface area contributed by atoms with Crippen LogP contribution in [0.4, 0.5) is 11.6 Å². The molecule has 0 amide bonds. The van der Waals surface area contributed by atoms with Crippen molar-refractivity contribution in [1.82, 2.24) is 9.97 Å². The molecule has 0 spiro atoms. The fourth-order valence-corrected chi connectivity index (χ4v) is 3.24. The predicted molar refractivity (Wildman–Crippen MR) is 97.9 cm³/mol. The summed E-state index contributed by atoms with van der Waals surface area (Å²) >= 11 is 3.51. The predicted octanol–water partition coefficient (Wildman–Crippen LogP) is 4.35. The highest BCUT2D eigenvalue weighted by atomic mass is 32.2. The lowest BCUT2D eigenvalue weighted by Gasteiger charge is -2.30. The number of hydrogen-bond acceptors (Lipinski definition) is 6. The molecule has 2 N–H and O–H groups in total. The first-order valence-electron chi connectivity index (χ1n) is 7.59. The molecular weight excluding hydrogens is 300 g/mol. The summed E-state index contributed by atoms with van der Waals surface area (Å²) in [7, 11) is 0. The maximum Gasteiger partial charge on any atom is 0.191 e. The third-order valence-electron chi connectivity index (χ3n) is 3.76. The van der Waals surface area contributed by atoms with Crippen LogP contribution in [-0.2, 0) is 0 Å². The van der Waals surface area contributed by atoms with E-state index in [-0.39, 0.29) is 4.75 Å². The van der Waals surface area contributed by atoms with Crippen molar-refractivity contribution in [2.45, 2.75) is 49.9 Å². The topological polar surface area (TPSA) is 49.8 Å². The van der Waals surface area contributed by atoms with Crippen LogP contribution in [0.5, 0.6) is 0 Å². The van der Waals surface area contributed by atoms with Gasteiger partial charge < -0.3 is 10.6 Å². The molecule has 0 saturated carbocycles. The van der Waals surface area contributed by atoms with E-state index in [0.717, 1.165) is 49.1 Å². The summed E-state index contributed by atoms with van der Waals surface area (Å²) in [5.74, 6) is 1.81. The highest BCUT2D eigenvalue weighted by molar-refractivity contribution is 8.00.